The van der Waals surface area contributed by atoms with Crippen molar-refractivity contribution in [3.8, 4) is 23.0 Å². The average molecular weight is 354 g/mol. The zero-order valence-electron chi connectivity index (χ0n) is 14.1. The van der Waals surface area contributed by atoms with Gasteiger partial charge in [-0.2, -0.15) is 0 Å². The number of rotatable bonds is 9. The number of hydrogen-bond donors (Lipinski definition) is 0. The van der Waals surface area contributed by atoms with Crippen molar-refractivity contribution >= 4 is 11.9 Å². The lowest BCUT2D eigenvalue weighted by Gasteiger charge is -2.10. The summed E-state index contributed by atoms with van der Waals surface area (Å²) >= 11 is 0. The summed E-state index contributed by atoms with van der Waals surface area (Å²) < 4.78 is 21.1. The van der Waals surface area contributed by atoms with E-state index in [4.69, 9.17) is 18.9 Å². The predicted molar refractivity (Wildman–Crippen MR) is 95.5 cm³/mol. The van der Waals surface area contributed by atoms with Crippen molar-refractivity contribution in [2.24, 2.45) is 0 Å². The molecule has 0 aliphatic heterocycles. The second-order valence-corrected chi connectivity index (χ2v) is 4.90. The van der Waals surface area contributed by atoms with Gasteiger partial charge in [-0.3, -0.25) is 0 Å². The molecular formula is C20H18O6. The molecule has 26 heavy (non-hydrogen) atoms. The summed E-state index contributed by atoms with van der Waals surface area (Å²) in [6.45, 7) is 7.23. The lowest BCUT2D eigenvalue weighted by atomic mass is 10.3. The van der Waals surface area contributed by atoms with Crippen LogP contribution in [0, 0.1) is 0 Å². The van der Waals surface area contributed by atoms with Gasteiger partial charge in [0.1, 0.15) is 36.2 Å². The second kappa shape index (κ2) is 9.68. The van der Waals surface area contributed by atoms with E-state index < -0.39 is 11.9 Å². The molecule has 0 fully saturated rings. The molecule has 0 unspecified atom stereocenters. The van der Waals surface area contributed by atoms with Gasteiger partial charge in [0.15, 0.2) is 0 Å². The van der Waals surface area contributed by atoms with E-state index in [1.807, 2.05) is 0 Å². The molecular weight excluding hydrogens is 336 g/mol. The van der Waals surface area contributed by atoms with Crippen molar-refractivity contribution in [1.29, 1.82) is 0 Å². The Morgan fingerprint density at radius 2 is 1.12 bits per heavy atom. The van der Waals surface area contributed by atoms with Crippen LogP contribution in [0.4, 0.5) is 0 Å². The maximum atomic E-state index is 11.2. The van der Waals surface area contributed by atoms with Gasteiger partial charge in [0.05, 0.1) is 0 Å². The molecule has 0 N–H and O–H groups in total. The van der Waals surface area contributed by atoms with E-state index in [1.54, 1.807) is 48.5 Å². The van der Waals surface area contributed by atoms with Crippen LogP contribution in [0.25, 0.3) is 0 Å². The SMILES string of the molecule is C=CC(=O)Oc1cccc(OCCOc2cccc(OC(=O)C=C)c2)c1. The Labute approximate surface area is 151 Å². The molecule has 0 amide bonds. The van der Waals surface area contributed by atoms with Crippen molar-refractivity contribution in [3.63, 3.8) is 0 Å². The Hall–Kier alpha value is -3.54. The predicted octanol–water partition coefficient (Wildman–Crippen LogP) is 3.33. The fourth-order valence-electron chi connectivity index (χ4n) is 1.89. The van der Waals surface area contributed by atoms with E-state index in [0.717, 1.165) is 12.2 Å². The number of hydrogen-bond acceptors (Lipinski definition) is 6. The van der Waals surface area contributed by atoms with E-state index in [9.17, 15) is 9.59 Å². The summed E-state index contributed by atoms with van der Waals surface area (Å²) in [6.07, 6.45) is 2.17. The average Bonchev–Trinajstić information content (AvgIpc) is 2.65. The van der Waals surface area contributed by atoms with Crippen LogP contribution in [0.1, 0.15) is 0 Å². The van der Waals surface area contributed by atoms with E-state index in [2.05, 4.69) is 13.2 Å². The minimum Gasteiger partial charge on any atom is -0.490 e. The quantitative estimate of drug-likeness (QED) is 0.298. The molecule has 2 aromatic carbocycles. The zero-order chi connectivity index (χ0) is 18.8. The number of esters is 2. The van der Waals surface area contributed by atoms with Gasteiger partial charge in [0.2, 0.25) is 0 Å². The van der Waals surface area contributed by atoms with Gasteiger partial charge in [-0.15, -0.1) is 0 Å². The Kier molecular flexibility index (Phi) is 7.00. The summed E-state index contributed by atoms with van der Waals surface area (Å²) in [6, 6.07) is 13.4. The van der Waals surface area contributed by atoms with E-state index >= 15 is 0 Å². The third kappa shape index (κ3) is 6.16. The number of carbonyl (C=O) groups excluding carboxylic acids is 2. The summed E-state index contributed by atoms with van der Waals surface area (Å²) in [5.74, 6) is 0.730. The third-order valence-corrected chi connectivity index (χ3v) is 3.00. The van der Waals surface area contributed by atoms with Crippen LogP contribution in [0.2, 0.25) is 0 Å². The van der Waals surface area contributed by atoms with Crippen LogP contribution in [0.3, 0.4) is 0 Å². The highest BCUT2D eigenvalue weighted by Gasteiger charge is 2.04. The van der Waals surface area contributed by atoms with Gasteiger partial charge < -0.3 is 18.9 Å². The second-order valence-electron chi connectivity index (χ2n) is 4.90. The molecule has 0 aromatic heterocycles. The van der Waals surface area contributed by atoms with Gasteiger partial charge in [-0.1, -0.05) is 25.3 Å². The van der Waals surface area contributed by atoms with Crippen LogP contribution in [-0.4, -0.2) is 25.2 Å². The van der Waals surface area contributed by atoms with Crippen molar-refractivity contribution in [2.45, 2.75) is 0 Å². The molecule has 6 heteroatoms. The zero-order valence-corrected chi connectivity index (χ0v) is 14.1. The molecule has 2 rings (SSSR count). The van der Waals surface area contributed by atoms with Crippen LogP contribution in [-0.2, 0) is 9.59 Å². The summed E-state index contributed by atoms with van der Waals surface area (Å²) in [5, 5.41) is 0. The fourth-order valence-corrected chi connectivity index (χ4v) is 1.89. The molecule has 0 saturated carbocycles. The maximum Gasteiger partial charge on any atom is 0.335 e. The molecule has 0 aliphatic rings. The first-order chi connectivity index (χ1) is 12.6. The molecule has 0 heterocycles. The first kappa shape index (κ1) is 18.8. The van der Waals surface area contributed by atoms with E-state index in [0.29, 0.717) is 23.0 Å². The van der Waals surface area contributed by atoms with Crippen LogP contribution in [0.5, 0.6) is 23.0 Å². The molecule has 0 saturated heterocycles. The molecule has 0 atom stereocenters. The monoisotopic (exact) mass is 354 g/mol. The lowest BCUT2D eigenvalue weighted by Crippen LogP contribution is -2.09. The first-order valence-corrected chi connectivity index (χ1v) is 7.75. The van der Waals surface area contributed by atoms with Crippen LogP contribution in [0.15, 0.2) is 73.8 Å². The maximum absolute atomic E-state index is 11.2. The molecule has 0 aliphatic carbocycles. The lowest BCUT2D eigenvalue weighted by molar-refractivity contribution is -0.129. The highest BCUT2D eigenvalue weighted by Crippen LogP contribution is 2.21. The summed E-state index contributed by atoms with van der Waals surface area (Å²) in [4.78, 5) is 22.4. The van der Waals surface area contributed by atoms with Gasteiger partial charge >= 0.3 is 11.9 Å². The third-order valence-electron chi connectivity index (χ3n) is 3.00. The minimum absolute atomic E-state index is 0.273. The number of ether oxygens (including phenoxy) is 4. The minimum atomic E-state index is -0.539. The molecule has 0 bridgehead atoms. The van der Waals surface area contributed by atoms with Crippen molar-refractivity contribution in [2.75, 3.05) is 13.2 Å². The molecule has 6 nitrogen and oxygen atoms in total. The number of benzene rings is 2. The Morgan fingerprint density at radius 1 is 0.731 bits per heavy atom. The molecule has 2 aromatic rings. The van der Waals surface area contributed by atoms with Gasteiger partial charge in [0.25, 0.3) is 0 Å². The van der Waals surface area contributed by atoms with Gasteiger partial charge in [-0.25, -0.2) is 9.59 Å². The normalized spacial score (nSPS) is 9.69. The van der Waals surface area contributed by atoms with Crippen molar-refractivity contribution in [1.82, 2.24) is 0 Å². The molecule has 0 spiro atoms. The van der Waals surface area contributed by atoms with Crippen LogP contribution >= 0.6 is 0 Å². The molecule has 0 radical (unpaired) electrons. The smallest absolute Gasteiger partial charge is 0.335 e. The summed E-state index contributed by atoms with van der Waals surface area (Å²) in [5.41, 5.74) is 0. The largest absolute Gasteiger partial charge is 0.490 e. The van der Waals surface area contributed by atoms with E-state index in [-0.39, 0.29) is 13.2 Å². The Balaban J connectivity index is 1.82. The fraction of sp³-hybridized carbons (Fsp3) is 0.100. The van der Waals surface area contributed by atoms with E-state index in [1.165, 1.54) is 0 Å². The first-order valence-electron chi connectivity index (χ1n) is 7.75. The Bertz CT molecular complexity index is 729. The van der Waals surface area contributed by atoms with Crippen molar-refractivity contribution < 1.29 is 28.5 Å². The highest BCUT2D eigenvalue weighted by molar-refractivity contribution is 5.83. The Morgan fingerprint density at radius 3 is 1.50 bits per heavy atom. The highest BCUT2D eigenvalue weighted by atomic mass is 16.5. The van der Waals surface area contributed by atoms with Gasteiger partial charge in [0, 0.05) is 24.3 Å². The standard InChI is InChI=1S/C20H18O6/c1-3-19(21)25-17-9-5-7-15(13-17)23-11-12-24-16-8-6-10-18(14-16)26-20(22)4-2/h3-10,13-14H,1-2,11-12H2. The molecule has 134 valence electrons. The topological polar surface area (TPSA) is 71.1 Å². The van der Waals surface area contributed by atoms with Gasteiger partial charge in [-0.05, 0) is 24.3 Å². The van der Waals surface area contributed by atoms with Crippen molar-refractivity contribution in [3.05, 3.63) is 73.8 Å². The summed E-state index contributed by atoms with van der Waals surface area (Å²) in [7, 11) is 0. The van der Waals surface area contributed by atoms with Crippen LogP contribution < -0.4 is 18.9 Å². The number of carbonyl (C=O) groups is 2.